The van der Waals surface area contributed by atoms with Crippen molar-refractivity contribution in [3.05, 3.63) is 12.2 Å². The monoisotopic (exact) mass is 223 g/mol. The summed E-state index contributed by atoms with van der Waals surface area (Å²) >= 11 is 0. The van der Waals surface area contributed by atoms with Crippen molar-refractivity contribution in [3.8, 4) is 0 Å². The Morgan fingerprint density at radius 2 is 2.25 bits per heavy atom. The van der Waals surface area contributed by atoms with Crippen molar-refractivity contribution >= 4 is 5.97 Å². The first-order valence-corrected chi connectivity index (χ1v) is 5.66. The highest BCUT2D eigenvalue weighted by Crippen LogP contribution is 2.43. The normalized spacial score (nSPS) is 18.8. The van der Waals surface area contributed by atoms with E-state index >= 15 is 0 Å². The summed E-state index contributed by atoms with van der Waals surface area (Å²) in [7, 11) is 1.90. The minimum Gasteiger partial charge on any atom is -0.481 e. The van der Waals surface area contributed by atoms with Crippen LogP contribution in [0.1, 0.15) is 37.9 Å². The lowest BCUT2D eigenvalue weighted by molar-refractivity contribution is -0.139. The molecule has 0 amide bonds. The Bertz CT molecular complexity index is 380. The predicted molar refractivity (Wildman–Crippen MR) is 57.9 cm³/mol. The molecule has 1 saturated carbocycles. The quantitative estimate of drug-likeness (QED) is 0.837. The Morgan fingerprint density at radius 3 is 2.75 bits per heavy atom. The van der Waals surface area contributed by atoms with Crippen LogP contribution in [0.25, 0.3) is 0 Å². The number of aryl methyl sites for hydroxylation is 1. The van der Waals surface area contributed by atoms with Crippen LogP contribution in [-0.2, 0) is 18.3 Å². The zero-order valence-corrected chi connectivity index (χ0v) is 9.52. The highest BCUT2D eigenvalue weighted by molar-refractivity contribution is 5.67. The van der Waals surface area contributed by atoms with Gasteiger partial charge in [-0.25, -0.2) is 0 Å². The zero-order valence-electron chi connectivity index (χ0n) is 9.52. The lowest BCUT2D eigenvalue weighted by Gasteiger charge is -2.26. The second-order valence-electron chi connectivity index (χ2n) is 4.81. The van der Waals surface area contributed by atoms with Crippen LogP contribution in [0.4, 0.5) is 0 Å². The fraction of sp³-hybridized carbons (Fsp3) is 0.727. The van der Waals surface area contributed by atoms with Gasteiger partial charge in [-0.3, -0.25) is 4.79 Å². The smallest absolute Gasteiger partial charge is 0.303 e. The van der Waals surface area contributed by atoms with Crippen LogP contribution in [0.15, 0.2) is 6.33 Å². The Morgan fingerprint density at radius 1 is 1.56 bits per heavy atom. The summed E-state index contributed by atoms with van der Waals surface area (Å²) in [5.74, 6) is 0.187. The van der Waals surface area contributed by atoms with Gasteiger partial charge in [0.2, 0.25) is 0 Å². The first-order chi connectivity index (χ1) is 7.61. The van der Waals surface area contributed by atoms with Crippen LogP contribution >= 0.6 is 0 Å². The number of rotatable bonds is 4. The molecule has 0 unspecified atom stereocenters. The van der Waals surface area contributed by atoms with Crippen molar-refractivity contribution in [1.82, 2.24) is 14.8 Å². The van der Waals surface area contributed by atoms with Crippen molar-refractivity contribution in [2.75, 3.05) is 0 Å². The highest BCUT2D eigenvalue weighted by atomic mass is 16.4. The van der Waals surface area contributed by atoms with E-state index in [9.17, 15) is 4.79 Å². The molecule has 2 rings (SSSR count). The minimum absolute atomic E-state index is 0.0906. The van der Waals surface area contributed by atoms with Gasteiger partial charge in [-0.05, 0) is 18.3 Å². The molecule has 1 aliphatic carbocycles. The van der Waals surface area contributed by atoms with Crippen LogP contribution in [0.2, 0.25) is 0 Å². The fourth-order valence-electron chi connectivity index (χ4n) is 2.66. The van der Waals surface area contributed by atoms with Crippen molar-refractivity contribution in [1.29, 1.82) is 0 Å². The molecule has 0 aliphatic heterocycles. The molecule has 16 heavy (non-hydrogen) atoms. The SMILES string of the molecule is Cn1cnnc1CC1(CC(=O)O)CCCC1. The van der Waals surface area contributed by atoms with E-state index in [0.717, 1.165) is 37.9 Å². The number of aromatic nitrogens is 3. The molecule has 1 heterocycles. The molecule has 0 aromatic carbocycles. The molecule has 5 heteroatoms. The lowest BCUT2D eigenvalue weighted by Crippen LogP contribution is -2.25. The number of hydrogen-bond donors (Lipinski definition) is 1. The molecule has 0 saturated heterocycles. The maximum absolute atomic E-state index is 10.9. The van der Waals surface area contributed by atoms with Crippen molar-refractivity contribution in [2.24, 2.45) is 12.5 Å². The van der Waals surface area contributed by atoms with Gasteiger partial charge < -0.3 is 9.67 Å². The van der Waals surface area contributed by atoms with Gasteiger partial charge in [0.1, 0.15) is 12.2 Å². The first kappa shape index (κ1) is 11.1. The first-order valence-electron chi connectivity index (χ1n) is 5.66. The van der Waals surface area contributed by atoms with Gasteiger partial charge in [-0.1, -0.05) is 12.8 Å². The third-order valence-corrected chi connectivity index (χ3v) is 3.53. The van der Waals surface area contributed by atoms with Gasteiger partial charge in [0, 0.05) is 13.5 Å². The van der Waals surface area contributed by atoms with Gasteiger partial charge >= 0.3 is 5.97 Å². The molecular weight excluding hydrogens is 206 g/mol. The van der Waals surface area contributed by atoms with Crippen LogP contribution in [-0.4, -0.2) is 25.8 Å². The lowest BCUT2D eigenvalue weighted by atomic mass is 9.79. The minimum atomic E-state index is -0.705. The number of carboxylic acids is 1. The van der Waals surface area contributed by atoms with Gasteiger partial charge in [0.15, 0.2) is 0 Å². The molecule has 0 radical (unpaired) electrons. The summed E-state index contributed by atoms with van der Waals surface area (Å²) in [6, 6.07) is 0. The molecule has 5 nitrogen and oxygen atoms in total. The number of hydrogen-bond acceptors (Lipinski definition) is 3. The summed E-state index contributed by atoms with van der Waals surface area (Å²) in [5.41, 5.74) is -0.0906. The molecule has 0 bridgehead atoms. The van der Waals surface area contributed by atoms with E-state index in [0.29, 0.717) is 0 Å². The molecule has 1 aromatic rings. The van der Waals surface area contributed by atoms with E-state index < -0.39 is 5.97 Å². The summed E-state index contributed by atoms with van der Waals surface area (Å²) in [5, 5.41) is 16.9. The zero-order chi connectivity index (χ0) is 11.6. The topological polar surface area (TPSA) is 68.0 Å². The Kier molecular flexibility index (Phi) is 2.94. The molecule has 0 spiro atoms. The van der Waals surface area contributed by atoms with Crippen LogP contribution in [0, 0.1) is 5.41 Å². The van der Waals surface area contributed by atoms with Gasteiger partial charge in [-0.2, -0.15) is 0 Å². The summed E-state index contributed by atoms with van der Waals surface area (Å²) < 4.78 is 1.88. The van der Waals surface area contributed by atoms with Crippen LogP contribution < -0.4 is 0 Å². The predicted octanol–water partition coefficient (Wildman–Crippen LogP) is 1.39. The standard InChI is InChI=1S/C11H17N3O2/c1-14-8-12-13-9(14)6-11(7-10(15)16)4-2-3-5-11/h8H,2-7H2,1H3,(H,15,16). The van der Waals surface area contributed by atoms with E-state index in [-0.39, 0.29) is 11.8 Å². The largest absolute Gasteiger partial charge is 0.481 e. The van der Waals surface area contributed by atoms with E-state index in [1.54, 1.807) is 6.33 Å². The second kappa shape index (κ2) is 4.23. The average Bonchev–Trinajstić information content (AvgIpc) is 2.77. The molecule has 0 atom stereocenters. The molecule has 88 valence electrons. The second-order valence-corrected chi connectivity index (χ2v) is 4.81. The van der Waals surface area contributed by atoms with Gasteiger partial charge in [0.05, 0.1) is 6.42 Å². The fourth-order valence-corrected chi connectivity index (χ4v) is 2.66. The molecule has 1 fully saturated rings. The molecule has 1 N–H and O–H groups in total. The number of aliphatic carboxylic acids is 1. The number of carboxylic acid groups (broad SMARTS) is 1. The Hall–Kier alpha value is -1.39. The van der Waals surface area contributed by atoms with Gasteiger partial charge in [0.25, 0.3) is 0 Å². The molecular formula is C11H17N3O2. The Balaban J connectivity index is 2.14. The van der Waals surface area contributed by atoms with E-state index in [1.807, 2.05) is 11.6 Å². The molecule has 1 aliphatic rings. The van der Waals surface area contributed by atoms with E-state index in [4.69, 9.17) is 5.11 Å². The average molecular weight is 223 g/mol. The van der Waals surface area contributed by atoms with Crippen molar-refractivity contribution in [3.63, 3.8) is 0 Å². The van der Waals surface area contributed by atoms with Gasteiger partial charge in [-0.15, -0.1) is 10.2 Å². The van der Waals surface area contributed by atoms with E-state index in [2.05, 4.69) is 10.2 Å². The number of nitrogens with zero attached hydrogens (tertiary/aromatic N) is 3. The maximum atomic E-state index is 10.9. The maximum Gasteiger partial charge on any atom is 0.303 e. The highest BCUT2D eigenvalue weighted by Gasteiger charge is 2.37. The number of carbonyl (C=O) groups is 1. The van der Waals surface area contributed by atoms with Crippen molar-refractivity contribution in [2.45, 2.75) is 38.5 Å². The summed E-state index contributed by atoms with van der Waals surface area (Å²) in [4.78, 5) is 10.9. The van der Waals surface area contributed by atoms with Crippen LogP contribution in [0.5, 0.6) is 0 Å². The third kappa shape index (κ3) is 2.23. The van der Waals surface area contributed by atoms with Crippen molar-refractivity contribution < 1.29 is 9.90 Å². The summed E-state index contributed by atoms with van der Waals surface area (Å²) in [6.45, 7) is 0. The summed E-state index contributed by atoms with van der Waals surface area (Å²) in [6.07, 6.45) is 6.89. The molecule has 1 aromatic heterocycles. The Labute approximate surface area is 94.5 Å². The van der Waals surface area contributed by atoms with E-state index in [1.165, 1.54) is 0 Å². The third-order valence-electron chi connectivity index (χ3n) is 3.53. The van der Waals surface area contributed by atoms with Crippen LogP contribution in [0.3, 0.4) is 0 Å².